The minimum atomic E-state index is -0.863. The second-order valence-corrected chi connectivity index (χ2v) is 7.25. The summed E-state index contributed by atoms with van der Waals surface area (Å²) in [5, 5.41) is 31.3. The quantitative estimate of drug-likeness (QED) is 0.318. The van der Waals surface area contributed by atoms with Gasteiger partial charge in [-0.05, 0) is 5.56 Å². The molecular formula is C25H20O7. The predicted molar refractivity (Wildman–Crippen MR) is 118 cm³/mol. The largest absolute Gasteiger partial charge is 0.504 e. The van der Waals surface area contributed by atoms with E-state index < -0.39 is 34.6 Å². The molecule has 0 unspecified atom stereocenters. The van der Waals surface area contributed by atoms with E-state index in [2.05, 4.69) is 0 Å². The molecule has 1 aromatic heterocycles. The van der Waals surface area contributed by atoms with Crippen LogP contribution in [0, 0.1) is 0 Å². The highest BCUT2D eigenvalue weighted by molar-refractivity contribution is 5.93. The lowest BCUT2D eigenvalue weighted by atomic mass is 9.86. The molecule has 1 atom stereocenters. The van der Waals surface area contributed by atoms with Crippen LogP contribution in [0.5, 0.6) is 17.2 Å². The normalized spacial score (nSPS) is 11.9. The van der Waals surface area contributed by atoms with E-state index in [0.717, 1.165) is 0 Å². The number of phenolic OH excluding ortho intramolecular Hbond substituents is 3. The van der Waals surface area contributed by atoms with Crippen molar-refractivity contribution >= 4 is 16.9 Å². The summed E-state index contributed by atoms with van der Waals surface area (Å²) in [7, 11) is 1.24. The number of rotatable bonds is 5. The van der Waals surface area contributed by atoms with Crippen LogP contribution >= 0.6 is 0 Å². The third-order valence-corrected chi connectivity index (χ3v) is 5.34. The lowest BCUT2D eigenvalue weighted by Crippen LogP contribution is -2.12. The summed E-state index contributed by atoms with van der Waals surface area (Å²) < 4.78 is 10.8. The van der Waals surface area contributed by atoms with Gasteiger partial charge < -0.3 is 24.5 Å². The number of carbonyl (C=O) groups excluding carboxylic acids is 1. The van der Waals surface area contributed by atoms with Crippen LogP contribution in [0.4, 0.5) is 0 Å². The van der Waals surface area contributed by atoms with E-state index in [0.29, 0.717) is 11.1 Å². The first-order valence-electron chi connectivity index (χ1n) is 9.84. The third-order valence-electron chi connectivity index (χ3n) is 5.34. The topological polar surface area (TPSA) is 117 Å². The average Bonchev–Trinajstić information content (AvgIpc) is 2.82. The van der Waals surface area contributed by atoms with E-state index in [1.165, 1.54) is 13.2 Å². The van der Waals surface area contributed by atoms with Crippen LogP contribution in [0.3, 0.4) is 0 Å². The summed E-state index contributed by atoms with van der Waals surface area (Å²) in [6.45, 7) is 0. The summed E-state index contributed by atoms with van der Waals surface area (Å²) >= 11 is 0. The molecule has 0 aliphatic heterocycles. The van der Waals surface area contributed by atoms with Gasteiger partial charge in [-0.1, -0.05) is 60.7 Å². The van der Waals surface area contributed by atoms with Crippen molar-refractivity contribution in [1.82, 2.24) is 0 Å². The summed E-state index contributed by atoms with van der Waals surface area (Å²) in [5.41, 5.74) is 0.494. The molecule has 0 bridgehead atoms. The maximum atomic E-state index is 12.9. The minimum absolute atomic E-state index is 0.00165. The fraction of sp³-hybridized carbons (Fsp3) is 0.120. The second kappa shape index (κ2) is 8.47. The molecule has 32 heavy (non-hydrogen) atoms. The SMILES string of the molecule is COC(=O)C[C@H](c1ccccc1)c1c(O)c(O)c(O)c2c(=O)cc(-c3ccccc3)oc12. The molecule has 3 aromatic carbocycles. The second-order valence-electron chi connectivity index (χ2n) is 7.25. The van der Waals surface area contributed by atoms with Gasteiger partial charge in [0.15, 0.2) is 16.9 Å². The number of carbonyl (C=O) groups is 1. The molecule has 0 amide bonds. The summed E-state index contributed by atoms with van der Waals surface area (Å²) in [6.07, 6.45) is -0.202. The highest BCUT2D eigenvalue weighted by Crippen LogP contribution is 2.49. The molecule has 0 aliphatic rings. The first kappa shape index (κ1) is 21.0. The van der Waals surface area contributed by atoms with Gasteiger partial charge in [0.1, 0.15) is 16.7 Å². The van der Waals surface area contributed by atoms with Crippen molar-refractivity contribution in [3.8, 4) is 28.6 Å². The van der Waals surface area contributed by atoms with E-state index in [9.17, 15) is 24.9 Å². The molecule has 0 saturated carbocycles. The average molecular weight is 432 g/mol. The molecule has 0 saturated heterocycles. The van der Waals surface area contributed by atoms with E-state index in [4.69, 9.17) is 9.15 Å². The highest BCUT2D eigenvalue weighted by Gasteiger charge is 2.31. The van der Waals surface area contributed by atoms with Crippen LogP contribution in [0.1, 0.15) is 23.5 Å². The molecule has 4 rings (SSSR count). The van der Waals surface area contributed by atoms with Gasteiger partial charge >= 0.3 is 5.97 Å². The van der Waals surface area contributed by atoms with E-state index in [1.807, 2.05) is 6.07 Å². The molecule has 7 heteroatoms. The van der Waals surface area contributed by atoms with Crippen molar-refractivity contribution in [3.63, 3.8) is 0 Å². The first-order chi connectivity index (χ1) is 15.4. The number of hydrogen-bond donors (Lipinski definition) is 3. The van der Waals surface area contributed by atoms with Crippen LogP contribution in [-0.4, -0.2) is 28.4 Å². The molecule has 1 heterocycles. The number of methoxy groups -OCH3 is 1. The summed E-state index contributed by atoms with van der Waals surface area (Å²) in [5.74, 6) is -3.52. The fourth-order valence-corrected chi connectivity index (χ4v) is 3.76. The number of hydrogen-bond acceptors (Lipinski definition) is 7. The molecule has 7 nitrogen and oxygen atoms in total. The lowest BCUT2D eigenvalue weighted by Gasteiger charge is -2.21. The van der Waals surface area contributed by atoms with Crippen LogP contribution in [-0.2, 0) is 9.53 Å². The maximum Gasteiger partial charge on any atom is 0.306 e. The van der Waals surface area contributed by atoms with Crippen molar-refractivity contribution in [3.05, 3.63) is 88.1 Å². The van der Waals surface area contributed by atoms with Crippen LogP contribution in [0.15, 0.2) is 75.9 Å². The van der Waals surface area contributed by atoms with Crippen LogP contribution < -0.4 is 5.43 Å². The molecule has 0 fully saturated rings. The monoisotopic (exact) mass is 432 g/mol. The molecule has 0 aliphatic carbocycles. The molecular weight excluding hydrogens is 412 g/mol. The van der Waals surface area contributed by atoms with E-state index >= 15 is 0 Å². The molecule has 4 aromatic rings. The Morgan fingerprint density at radius 3 is 2.19 bits per heavy atom. The Morgan fingerprint density at radius 1 is 0.938 bits per heavy atom. The van der Waals surface area contributed by atoms with Gasteiger partial charge in [-0.3, -0.25) is 9.59 Å². The van der Waals surface area contributed by atoms with Gasteiger partial charge in [0.2, 0.25) is 5.75 Å². The van der Waals surface area contributed by atoms with Crippen molar-refractivity contribution in [2.45, 2.75) is 12.3 Å². The Balaban J connectivity index is 2.09. The molecule has 0 radical (unpaired) electrons. The summed E-state index contributed by atoms with van der Waals surface area (Å²) in [6, 6.07) is 18.8. The van der Waals surface area contributed by atoms with Gasteiger partial charge in [0, 0.05) is 23.1 Å². The fourth-order valence-electron chi connectivity index (χ4n) is 3.76. The number of fused-ring (bicyclic) bond motifs is 1. The number of phenols is 3. The standard InChI is InChI=1S/C25H20O7/c1-31-19(27)12-16(14-8-4-2-5-9-14)20-22(28)24(30)23(29)21-17(26)13-18(32-25(20)21)15-10-6-3-7-11-15/h2-11,13,16,28-30H,12H2,1H3/t16-/m1/s1. The maximum absolute atomic E-state index is 12.9. The highest BCUT2D eigenvalue weighted by atomic mass is 16.5. The van der Waals surface area contributed by atoms with E-state index in [1.54, 1.807) is 54.6 Å². The summed E-state index contributed by atoms with van der Waals surface area (Å²) in [4.78, 5) is 25.2. The van der Waals surface area contributed by atoms with Crippen molar-refractivity contribution < 1.29 is 29.3 Å². The Hall–Kier alpha value is -4.26. The number of esters is 1. The lowest BCUT2D eigenvalue weighted by molar-refractivity contribution is -0.140. The molecule has 162 valence electrons. The van der Waals surface area contributed by atoms with Crippen LogP contribution in [0.25, 0.3) is 22.3 Å². The van der Waals surface area contributed by atoms with Gasteiger partial charge in [0.05, 0.1) is 13.5 Å². The number of ether oxygens (including phenoxy) is 1. The van der Waals surface area contributed by atoms with Gasteiger partial charge in [-0.2, -0.15) is 0 Å². The Labute approximate surface area is 182 Å². The van der Waals surface area contributed by atoms with Crippen molar-refractivity contribution in [1.29, 1.82) is 0 Å². The van der Waals surface area contributed by atoms with Gasteiger partial charge in [-0.25, -0.2) is 0 Å². The molecule has 0 spiro atoms. The van der Waals surface area contributed by atoms with E-state index in [-0.39, 0.29) is 28.7 Å². The zero-order chi connectivity index (χ0) is 22.8. The smallest absolute Gasteiger partial charge is 0.306 e. The zero-order valence-electron chi connectivity index (χ0n) is 17.1. The van der Waals surface area contributed by atoms with Gasteiger partial charge in [0.25, 0.3) is 0 Å². The van der Waals surface area contributed by atoms with Crippen LogP contribution in [0.2, 0.25) is 0 Å². The number of aromatic hydroxyl groups is 3. The predicted octanol–water partition coefficient (Wildman–Crippen LogP) is 4.27. The first-order valence-corrected chi connectivity index (χ1v) is 9.84. The van der Waals surface area contributed by atoms with Gasteiger partial charge in [-0.15, -0.1) is 0 Å². The Kier molecular flexibility index (Phi) is 5.55. The zero-order valence-corrected chi connectivity index (χ0v) is 17.1. The Bertz CT molecular complexity index is 1340. The molecule has 3 N–H and O–H groups in total. The minimum Gasteiger partial charge on any atom is -0.504 e. The Morgan fingerprint density at radius 2 is 1.56 bits per heavy atom. The van der Waals surface area contributed by atoms with Crippen molar-refractivity contribution in [2.75, 3.05) is 7.11 Å². The number of benzene rings is 3. The van der Waals surface area contributed by atoms with Crippen molar-refractivity contribution in [2.24, 2.45) is 0 Å². The third kappa shape index (κ3) is 3.65.